The summed E-state index contributed by atoms with van der Waals surface area (Å²) in [6, 6.07) is 4.21. The molecule has 0 saturated carbocycles. The minimum absolute atomic E-state index is 0.0555. The number of amides is 1. The van der Waals surface area contributed by atoms with E-state index < -0.39 is 0 Å². The molecule has 1 fully saturated rings. The molecule has 1 saturated heterocycles. The lowest BCUT2D eigenvalue weighted by atomic mass is 9.78. The van der Waals surface area contributed by atoms with Crippen molar-refractivity contribution in [3.05, 3.63) is 23.5 Å². The Kier molecular flexibility index (Phi) is 3.64. The van der Waals surface area contributed by atoms with E-state index in [9.17, 15) is 4.79 Å². The number of hydrogen-bond donors (Lipinski definition) is 1. The van der Waals surface area contributed by atoms with E-state index in [2.05, 4.69) is 29.1 Å². The first-order chi connectivity index (χ1) is 10.4. The summed E-state index contributed by atoms with van der Waals surface area (Å²) in [5.74, 6) is -0.269. The molecule has 2 N–H and O–H groups in total. The lowest BCUT2D eigenvalue weighted by Crippen LogP contribution is -2.47. The summed E-state index contributed by atoms with van der Waals surface area (Å²) in [6.45, 7) is 6.28. The first kappa shape index (κ1) is 15.0. The molecule has 22 heavy (non-hydrogen) atoms. The Hall–Kier alpha value is -1.95. The number of nitrogens with two attached hydrogens (primary N) is 1. The highest BCUT2D eigenvalue weighted by atomic mass is 16.1. The van der Waals surface area contributed by atoms with E-state index in [1.807, 2.05) is 18.7 Å². The first-order valence-electron chi connectivity index (χ1n) is 7.70. The monoisotopic (exact) mass is 301 g/mol. The predicted octanol–water partition coefficient (Wildman–Crippen LogP) is 1.12. The largest absolute Gasteiger partial charge is 0.369 e. The molecule has 0 aliphatic carbocycles. The Morgan fingerprint density at radius 3 is 2.95 bits per heavy atom. The van der Waals surface area contributed by atoms with Crippen molar-refractivity contribution in [2.45, 2.75) is 32.1 Å². The number of likely N-dealkylation sites (tertiary alicyclic amines) is 1. The summed E-state index contributed by atoms with van der Waals surface area (Å²) in [4.78, 5) is 18.2. The van der Waals surface area contributed by atoms with E-state index in [0.29, 0.717) is 6.54 Å². The molecule has 2 aromatic heterocycles. The average molecular weight is 301 g/mol. The SMILES string of the molecule is Cc1nn(C)c2nc(C3(C)CCCN(CC(N)=O)C3)ccc12. The number of primary amides is 1. The second kappa shape index (κ2) is 5.35. The number of rotatable bonds is 3. The van der Waals surface area contributed by atoms with Gasteiger partial charge in [-0.05, 0) is 38.4 Å². The van der Waals surface area contributed by atoms with E-state index in [4.69, 9.17) is 10.7 Å². The summed E-state index contributed by atoms with van der Waals surface area (Å²) >= 11 is 0. The van der Waals surface area contributed by atoms with Crippen molar-refractivity contribution in [2.75, 3.05) is 19.6 Å². The zero-order chi connectivity index (χ0) is 15.9. The van der Waals surface area contributed by atoms with Crippen LogP contribution in [0.2, 0.25) is 0 Å². The number of carbonyl (C=O) groups excluding carboxylic acids is 1. The lowest BCUT2D eigenvalue weighted by molar-refractivity contribution is -0.119. The molecule has 6 nitrogen and oxygen atoms in total. The lowest BCUT2D eigenvalue weighted by Gasteiger charge is -2.39. The van der Waals surface area contributed by atoms with Crippen LogP contribution in [0.25, 0.3) is 11.0 Å². The van der Waals surface area contributed by atoms with Crippen LogP contribution in [0, 0.1) is 6.92 Å². The third kappa shape index (κ3) is 2.59. The van der Waals surface area contributed by atoms with Crippen LogP contribution in [0.1, 0.15) is 31.2 Å². The zero-order valence-corrected chi connectivity index (χ0v) is 13.5. The normalized spacial score (nSPS) is 23.0. The molecule has 3 heterocycles. The second-order valence-corrected chi connectivity index (χ2v) is 6.62. The number of fused-ring (bicyclic) bond motifs is 1. The van der Waals surface area contributed by atoms with Gasteiger partial charge in [0.2, 0.25) is 5.91 Å². The number of carbonyl (C=O) groups is 1. The van der Waals surface area contributed by atoms with Gasteiger partial charge < -0.3 is 5.73 Å². The van der Waals surface area contributed by atoms with Crippen molar-refractivity contribution in [3.8, 4) is 0 Å². The van der Waals surface area contributed by atoms with Gasteiger partial charge in [-0.1, -0.05) is 6.92 Å². The molecular formula is C16H23N5O. The summed E-state index contributed by atoms with van der Waals surface area (Å²) < 4.78 is 1.83. The molecule has 1 amide bonds. The minimum atomic E-state index is -0.269. The summed E-state index contributed by atoms with van der Waals surface area (Å²) in [5.41, 5.74) is 8.27. The standard InChI is InChI=1S/C16H23N5O/c1-11-12-5-6-13(18-15(12)20(3)19-11)16(2)7-4-8-21(10-16)9-14(17)22/h5-6H,4,7-10H2,1-3H3,(H2,17,22). The van der Waals surface area contributed by atoms with E-state index >= 15 is 0 Å². The molecule has 3 rings (SSSR count). The molecule has 1 aliphatic rings. The topological polar surface area (TPSA) is 77.0 Å². The van der Waals surface area contributed by atoms with Crippen LogP contribution in [0.15, 0.2) is 12.1 Å². The van der Waals surface area contributed by atoms with Gasteiger partial charge in [-0.25, -0.2) is 4.98 Å². The molecule has 1 atom stereocenters. The molecule has 2 aromatic rings. The van der Waals surface area contributed by atoms with Crippen LogP contribution in [0.5, 0.6) is 0 Å². The number of piperidine rings is 1. The van der Waals surface area contributed by atoms with Gasteiger partial charge in [-0.3, -0.25) is 14.4 Å². The minimum Gasteiger partial charge on any atom is -0.369 e. The smallest absolute Gasteiger partial charge is 0.231 e. The van der Waals surface area contributed by atoms with Gasteiger partial charge in [-0.2, -0.15) is 5.10 Å². The molecule has 0 bridgehead atoms. The van der Waals surface area contributed by atoms with Gasteiger partial charge in [0.1, 0.15) is 0 Å². The number of nitrogens with zero attached hydrogens (tertiary/aromatic N) is 4. The Bertz CT molecular complexity index is 723. The van der Waals surface area contributed by atoms with Crippen molar-refractivity contribution >= 4 is 16.9 Å². The van der Waals surface area contributed by atoms with Crippen molar-refractivity contribution in [1.82, 2.24) is 19.7 Å². The number of aryl methyl sites for hydroxylation is 2. The quantitative estimate of drug-likeness (QED) is 0.921. The van der Waals surface area contributed by atoms with E-state index in [1.165, 1.54) is 0 Å². The third-order valence-electron chi connectivity index (χ3n) is 4.64. The predicted molar refractivity (Wildman–Crippen MR) is 85.5 cm³/mol. The Morgan fingerprint density at radius 1 is 1.45 bits per heavy atom. The van der Waals surface area contributed by atoms with Gasteiger partial charge in [0.15, 0.2) is 5.65 Å². The van der Waals surface area contributed by atoms with Gasteiger partial charge in [0.25, 0.3) is 0 Å². The van der Waals surface area contributed by atoms with Crippen LogP contribution in [0.4, 0.5) is 0 Å². The first-order valence-corrected chi connectivity index (χ1v) is 7.70. The fourth-order valence-electron chi connectivity index (χ4n) is 3.55. The molecule has 0 aromatic carbocycles. The van der Waals surface area contributed by atoms with Crippen LogP contribution in [-0.4, -0.2) is 45.2 Å². The Balaban J connectivity index is 1.94. The van der Waals surface area contributed by atoms with E-state index in [1.54, 1.807) is 0 Å². The van der Waals surface area contributed by atoms with E-state index in [-0.39, 0.29) is 11.3 Å². The Morgan fingerprint density at radius 2 is 2.23 bits per heavy atom. The van der Waals surface area contributed by atoms with E-state index in [0.717, 1.165) is 48.4 Å². The highest BCUT2D eigenvalue weighted by molar-refractivity contribution is 5.78. The van der Waals surface area contributed by atoms with Gasteiger partial charge in [0.05, 0.1) is 17.9 Å². The zero-order valence-electron chi connectivity index (χ0n) is 13.5. The van der Waals surface area contributed by atoms with Crippen LogP contribution in [-0.2, 0) is 17.3 Å². The molecule has 0 spiro atoms. The highest BCUT2D eigenvalue weighted by Gasteiger charge is 2.34. The molecule has 6 heteroatoms. The van der Waals surface area contributed by atoms with Gasteiger partial charge >= 0.3 is 0 Å². The summed E-state index contributed by atoms with van der Waals surface area (Å²) in [5, 5.41) is 5.53. The molecule has 1 unspecified atom stereocenters. The highest BCUT2D eigenvalue weighted by Crippen LogP contribution is 2.33. The van der Waals surface area contributed by atoms with Crippen molar-refractivity contribution in [2.24, 2.45) is 12.8 Å². The fraction of sp³-hybridized carbons (Fsp3) is 0.562. The van der Waals surface area contributed by atoms with Crippen molar-refractivity contribution in [1.29, 1.82) is 0 Å². The van der Waals surface area contributed by atoms with Gasteiger partial charge in [0, 0.05) is 24.4 Å². The maximum absolute atomic E-state index is 11.2. The fourth-order valence-corrected chi connectivity index (χ4v) is 3.55. The number of pyridine rings is 1. The molecular weight excluding hydrogens is 278 g/mol. The maximum Gasteiger partial charge on any atom is 0.231 e. The second-order valence-electron chi connectivity index (χ2n) is 6.62. The molecule has 0 radical (unpaired) electrons. The maximum atomic E-state index is 11.2. The third-order valence-corrected chi connectivity index (χ3v) is 4.64. The van der Waals surface area contributed by atoms with Crippen LogP contribution < -0.4 is 5.73 Å². The Labute approximate surface area is 130 Å². The molecule has 118 valence electrons. The van der Waals surface area contributed by atoms with Crippen molar-refractivity contribution in [3.63, 3.8) is 0 Å². The average Bonchev–Trinajstić information content (AvgIpc) is 2.73. The summed E-state index contributed by atoms with van der Waals surface area (Å²) in [6.07, 6.45) is 2.12. The summed E-state index contributed by atoms with van der Waals surface area (Å²) in [7, 11) is 1.93. The van der Waals surface area contributed by atoms with Gasteiger partial charge in [-0.15, -0.1) is 0 Å². The number of aromatic nitrogens is 3. The van der Waals surface area contributed by atoms with Crippen LogP contribution >= 0.6 is 0 Å². The van der Waals surface area contributed by atoms with Crippen molar-refractivity contribution < 1.29 is 4.79 Å². The van der Waals surface area contributed by atoms with Crippen LogP contribution in [0.3, 0.4) is 0 Å². The number of hydrogen-bond acceptors (Lipinski definition) is 4. The molecule has 1 aliphatic heterocycles.